The summed E-state index contributed by atoms with van der Waals surface area (Å²) in [5.41, 5.74) is 0. The molecule has 0 spiro atoms. The topological polar surface area (TPSA) is 89.3 Å². The average Bonchev–Trinajstić information content (AvgIpc) is 2.08. The van der Waals surface area contributed by atoms with Crippen LogP contribution in [-0.4, -0.2) is 32.0 Å². The maximum atomic E-state index is 11.8. The van der Waals surface area contributed by atoms with Crippen LogP contribution in [0.4, 0.5) is 0 Å². The smallest absolute Gasteiger partial charge is 0.209 e. The summed E-state index contributed by atoms with van der Waals surface area (Å²) in [6, 6.07) is -0.300. The van der Waals surface area contributed by atoms with Gasteiger partial charge in [0.2, 0.25) is 10.0 Å². The van der Waals surface area contributed by atoms with Crippen molar-refractivity contribution >= 4 is 15.8 Å². The number of hydrogen-bond donors (Lipinski definition) is 2. The third kappa shape index (κ3) is 6.92. The second-order valence-electron chi connectivity index (χ2n) is 4.59. The van der Waals surface area contributed by atoms with Crippen LogP contribution in [0.5, 0.6) is 0 Å². The Morgan fingerprint density at radius 1 is 1.25 bits per heavy atom. The number of primary sulfonamides is 1. The summed E-state index contributed by atoms with van der Waals surface area (Å²) in [6.07, 6.45) is 0.230. The van der Waals surface area contributed by atoms with Crippen LogP contribution in [0.25, 0.3) is 0 Å². The van der Waals surface area contributed by atoms with Crippen LogP contribution in [0, 0.1) is 5.92 Å². The number of carbonyl (C=O) groups excluding carboxylic acids is 1. The zero-order chi connectivity index (χ0) is 12.9. The molecular formula is C10H22N2O3S. The Hall–Kier alpha value is -0.460. The number of Topliss-reactive ketones (excluding diaryl/α,β-unsaturated/α-hetero) is 1. The van der Waals surface area contributed by atoms with Crippen LogP contribution in [-0.2, 0) is 14.8 Å². The molecule has 1 atom stereocenters. The minimum atomic E-state index is -3.51. The molecule has 6 heteroatoms. The third-order valence-corrected chi connectivity index (χ3v) is 2.94. The monoisotopic (exact) mass is 250 g/mol. The minimum absolute atomic E-state index is 0.0253. The Labute approximate surface area is 97.8 Å². The lowest BCUT2D eigenvalue weighted by atomic mass is 9.99. The first-order chi connectivity index (χ1) is 7.13. The maximum Gasteiger partial charge on any atom is 0.209 e. The quantitative estimate of drug-likeness (QED) is 0.678. The summed E-state index contributed by atoms with van der Waals surface area (Å²) in [7, 11) is -3.51. The Kier molecular flexibility index (Phi) is 6.14. The Bertz CT molecular complexity index is 323. The molecule has 0 aliphatic heterocycles. The number of nitrogens with one attached hydrogen (secondary N) is 1. The molecule has 0 amide bonds. The van der Waals surface area contributed by atoms with E-state index >= 15 is 0 Å². The number of hydrogen-bond acceptors (Lipinski definition) is 4. The Morgan fingerprint density at radius 2 is 1.75 bits per heavy atom. The zero-order valence-electron chi connectivity index (χ0n) is 10.4. The lowest BCUT2D eigenvalue weighted by molar-refractivity contribution is -0.124. The fraction of sp³-hybridized carbons (Fsp3) is 0.900. The highest BCUT2D eigenvalue weighted by molar-refractivity contribution is 7.89. The van der Waals surface area contributed by atoms with Gasteiger partial charge in [0.05, 0.1) is 11.8 Å². The molecular weight excluding hydrogens is 228 g/mol. The largest absolute Gasteiger partial charge is 0.305 e. The van der Waals surface area contributed by atoms with E-state index in [1.807, 2.05) is 13.8 Å². The van der Waals surface area contributed by atoms with Gasteiger partial charge in [-0.1, -0.05) is 27.7 Å². The minimum Gasteiger partial charge on any atom is -0.305 e. The lowest BCUT2D eigenvalue weighted by Crippen LogP contribution is -2.44. The zero-order valence-corrected chi connectivity index (χ0v) is 11.2. The fourth-order valence-electron chi connectivity index (χ4n) is 1.39. The van der Waals surface area contributed by atoms with Crippen LogP contribution >= 0.6 is 0 Å². The average molecular weight is 250 g/mol. The molecule has 0 saturated heterocycles. The molecule has 16 heavy (non-hydrogen) atoms. The molecule has 0 radical (unpaired) electrons. The maximum absolute atomic E-state index is 11.8. The van der Waals surface area contributed by atoms with E-state index in [1.54, 1.807) is 13.8 Å². The molecule has 5 nitrogen and oxygen atoms in total. The van der Waals surface area contributed by atoms with Gasteiger partial charge in [0.15, 0.2) is 5.78 Å². The first-order valence-electron chi connectivity index (χ1n) is 5.43. The van der Waals surface area contributed by atoms with Crippen LogP contribution in [0.15, 0.2) is 0 Å². The van der Waals surface area contributed by atoms with Crippen molar-refractivity contribution in [3.8, 4) is 0 Å². The van der Waals surface area contributed by atoms with Crippen molar-refractivity contribution in [3.63, 3.8) is 0 Å². The van der Waals surface area contributed by atoms with Gasteiger partial charge in [-0.3, -0.25) is 4.79 Å². The third-order valence-electron chi connectivity index (χ3n) is 2.14. The van der Waals surface area contributed by atoms with E-state index in [0.29, 0.717) is 0 Å². The molecule has 0 aromatic carbocycles. The van der Waals surface area contributed by atoms with Crippen molar-refractivity contribution in [2.75, 3.05) is 5.75 Å². The normalized spacial score (nSPS) is 14.4. The molecule has 1 unspecified atom stereocenters. The molecule has 0 aliphatic carbocycles. The van der Waals surface area contributed by atoms with Crippen molar-refractivity contribution in [2.24, 2.45) is 11.1 Å². The van der Waals surface area contributed by atoms with E-state index in [-0.39, 0.29) is 29.9 Å². The first-order valence-corrected chi connectivity index (χ1v) is 7.15. The predicted molar refractivity (Wildman–Crippen MR) is 64.5 cm³/mol. The number of ketones is 1. The number of sulfonamides is 1. The van der Waals surface area contributed by atoms with Crippen LogP contribution < -0.4 is 10.5 Å². The van der Waals surface area contributed by atoms with Crippen molar-refractivity contribution in [1.29, 1.82) is 0 Å². The van der Waals surface area contributed by atoms with Gasteiger partial charge in [-0.25, -0.2) is 13.6 Å². The highest BCUT2D eigenvalue weighted by atomic mass is 32.2. The van der Waals surface area contributed by atoms with Crippen molar-refractivity contribution < 1.29 is 13.2 Å². The van der Waals surface area contributed by atoms with Crippen molar-refractivity contribution in [1.82, 2.24) is 5.32 Å². The molecule has 0 rings (SSSR count). The van der Waals surface area contributed by atoms with Crippen molar-refractivity contribution in [2.45, 2.75) is 46.2 Å². The summed E-state index contributed by atoms with van der Waals surface area (Å²) < 4.78 is 21.7. The van der Waals surface area contributed by atoms with E-state index in [1.165, 1.54) is 0 Å². The molecule has 0 saturated carbocycles. The van der Waals surface area contributed by atoms with Crippen LogP contribution in [0.3, 0.4) is 0 Å². The van der Waals surface area contributed by atoms with E-state index in [4.69, 9.17) is 5.14 Å². The lowest BCUT2D eigenvalue weighted by Gasteiger charge is -2.21. The van der Waals surface area contributed by atoms with Gasteiger partial charge in [0.25, 0.3) is 0 Å². The van der Waals surface area contributed by atoms with E-state index in [9.17, 15) is 13.2 Å². The van der Waals surface area contributed by atoms with Gasteiger partial charge < -0.3 is 5.32 Å². The van der Waals surface area contributed by atoms with Gasteiger partial charge in [-0.15, -0.1) is 0 Å². The van der Waals surface area contributed by atoms with Crippen LogP contribution in [0.2, 0.25) is 0 Å². The van der Waals surface area contributed by atoms with Gasteiger partial charge in [0, 0.05) is 12.0 Å². The fourth-order valence-corrected chi connectivity index (χ4v) is 1.96. The van der Waals surface area contributed by atoms with Gasteiger partial charge in [-0.2, -0.15) is 0 Å². The predicted octanol–water partition coefficient (Wildman–Crippen LogP) is 0.257. The molecule has 0 bridgehead atoms. The SMILES string of the molecule is CC(C)NC(CCS(N)(=O)=O)C(=O)C(C)C. The molecule has 3 N–H and O–H groups in total. The van der Waals surface area contributed by atoms with Crippen molar-refractivity contribution in [3.05, 3.63) is 0 Å². The van der Waals surface area contributed by atoms with Gasteiger partial charge in [-0.05, 0) is 6.42 Å². The molecule has 96 valence electrons. The number of nitrogens with two attached hydrogens (primary N) is 1. The summed E-state index contributed by atoms with van der Waals surface area (Å²) in [5, 5.41) is 7.99. The molecule has 0 fully saturated rings. The highest BCUT2D eigenvalue weighted by Gasteiger charge is 2.22. The first kappa shape index (κ1) is 15.5. The Balaban J connectivity index is 4.50. The molecule has 0 aromatic rings. The van der Waals surface area contributed by atoms with E-state index in [2.05, 4.69) is 5.32 Å². The summed E-state index contributed by atoms with van der Waals surface area (Å²) in [6.45, 7) is 7.43. The molecule has 0 heterocycles. The second-order valence-corrected chi connectivity index (χ2v) is 6.32. The molecule has 0 aliphatic rings. The van der Waals surface area contributed by atoms with E-state index in [0.717, 1.165) is 0 Å². The van der Waals surface area contributed by atoms with Crippen LogP contribution in [0.1, 0.15) is 34.1 Å². The van der Waals surface area contributed by atoms with Gasteiger partial charge in [0.1, 0.15) is 0 Å². The second kappa shape index (κ2) is 6.32. The summed E-state index contributed by atoms with van der Waals surface area (Å²) in [5.74, 6) is -0.260. The highest BCUT2D eigenvalue weighted by Crippen LogP contribution is 2.05. The Morgan fingerprint density at radius 3 is 2.06 bits per heavy atom. The number of carbonyl (C=O) groups is 1. The standard InChI is InChI=1S/C10H22N2O3S/c1-7(2)10(13)9(12-8(3)4)5-6-16(11,14)15/h7-9,12H,5-6H2,1-4H3,(H2,11,14,15). The number of rotatable bonds is 7. The summed E-state index contributed by atoms with van der Waals surface area (Å²) >= 11 is 0. The summed E-state index contributed by atoms with van der Waals surface area (Å²) in [4.78, 5) is 11.8. The molecule has 0 aromatic heterocycles. The van der Waals surface area contributed by atoms with Gasteiger partial charge >= 0.3 is 0 Å². The van der Waals surface area contributed by atoms with E-state index < -0.39 is 16.1 Å².